The van der Waals surface area contributed by atoms with E-state index in [-0.39, 0.29) is 5.41 Å². The number of nitrogens with one attached hydrogen (secondary N) is 1. The lowest BCUT2D eigenvalue weighted by molar-refractivity contribution is 0.320. The summed E-state index contributed by atoms with van der Waals surface area (Å²) in [6.45, 7) is 9.43. The fourth-order valence-corrected chi connectivity index (χ4v) is 2.26. The molecule has 1 aromatic heterocycles. The Hall–Kier alpha value is -1.77. The number of nitrogens with zero attached hydrogens (tertiary/aromatic N) is 1. The number of para-hydroxylation sites is 1. The third-order valence-electron chi connectivity index (χ3n) is 3.32. The van der Waals surface area contributed by atoms with Crippen LogP contribution >= 0.6 is 0 Å². The second-order valence-corrected chi connectivity index (χ2v) is 6.06. The van der Waals surface area contributed by atoms with Crippen molar-refractivity contribution in [2.24, 2.45) is 0 Å². The highest BCUT2D eigenvalue weighted by Gasteiger charge is 2.20. The smallest absolute Gasteiger partial charge is 0.145 e. The van der Waals surface area contributed by atoms with Crippen molar-refractivity contribution in [3.8, 4) is 5.75 Å². The van der Waals surface area contributed by atoms with E-state index in [1.54, 1.807) is 0 Å². The summed E-state index contributed by atoms with van der Waals surface area (Å²) in [5, 5.41) is 4.34. The number of hydrogen-bond acceptors (Lipinski definition) is 3. The molecule has 0 bridgehead atoms. The number of aromatic nitrogens is 1. The van der Waals surface area contributed by atoms with E-state index < -0.39 is 0 Å². The van der Waals surface area contributed by atoms with E-state index >= 15 is 0 Å². The number of anilines is 1. The first-order valence-corrected chi connectivity index (χ1v) is 7.22. The van der Waals surface area contributed by atoms with Crippen LogP contribution in [-0.2, 0) is 5.41 Å². The number of pyridine rings is 1. The van der Waals surface area contributed by atoms with Gasteiger partial charge in [-0.25, -0.2) is 4.98 Å². The van der Waals surface area contributed by atoms with Crippen LogP contribution in [-0.4, -0.2) is 18.6 Å². The molecule has 20 heavy (non-hydrogen) atoms. The molecule has 0 aliphatic carbocycles. The predicted octanol–water partition coefficient (Wildman–Crippen LogP) is 4.36. The van der Waals surface area contributed by atoms with Gasteiger partial charge < -0.3 is 10.1 Å². The van der Waals surface area contributed by atoms with Crippen LogP contribution in [0.4, 0.5) is 5.82 Å². The van der Waals surface area contributed by atoms with Gasteiger partial charge in [0.25, 0.3) is 0 Å². The lowest BCUT2D eigenvalue weighted by Crippen LogP contribution is -2.15. The summed E-state index contributed by atoms with van der Waals surface area (Å²) in [5.41, 5.74) is 2.21. The Balaban J connectivity index is 2.61. The van der Waals surface area contributed by atoms with Crippen LogP contribution in [0.25, 0.3) is 10.9 Å². The van der Waals surface area contributed by atoms with Crippen LogP contribution < -0.4 is 10.1 Å². The molecule has 3 nitrogen and oxygen atoms in total. The van der Waals surface area contributed by atoms with E-state index in [9.17, 15) is 0 Å². The molecule has 108 valence electrons. The quantitative estimate of drug-likeness (QED) is 0.897. The van der Waals surface area contributed by atoms with Crippen LogP contribution in [0.1, 0.15) is 39.7 Å². The highest BCUT2D eigenvalue weighted by Crippen LogP contribution is 2.33. The highest BCUT2D eigenvalue weighted by atomic mass is 16.5. The lowest BCUT2D eigenvalue weighted by Gasteiger charge is -2.23. The largest absolute Gasteiger partial charge is 0.491 e. The molecule has 0 saturated heterocycles. The van der Waals surface area contributed by atoms with Crippen LogP contribution in [0.5, 0.6) is 5.75 Å². The molecule has 0 spiro atoms. The Labute approximate surface area is 121 Å². The van der Waals surface area contributed by atoms with Crippen molar-refractivity contribution in [1.82, 2.24) is 4.98 Å². The zero-order valence-corrected chi connectivity index (χ0v) is 13.1. The lowest BCUT2D eigenvalue weighted by atomic mass is 9.86. The average molecular weight is 272 g/mol. The van der Waals surface area contributed by atoms with Gasteiger partial charge in [0.1, 0.15) is 17.1 Å². The molecular weight excluding hydrogens is 248 g/mol. The van der Waals surface area contributed by atoms with Gasteiger partial charge in [0, 0.05) is 18.0 Å². The Bertz CT molecular complexity index is 600. The van der Waals surface area contributed by atoms with Gasteiger partial charge >= 0.3 is 0 Å². The van der Waals surface area contributed by atoms with Crippen LogP contribution in [0.15, 0.2) is 24.3 Å². The number of rotatable bonds is 4. The summed E-state index contributed by atoms with van der Waals surface area (Å²) in [4.78, 5) is 4.78. The number of hydrogen-bond donors (Lipinski definition) is 1. The Morgan fingerprint density at radius 2 is 2.00 bits per heavy atom. The molecule has 0 atom stereocenters. The fourth-order valence-electron chi connectivity index (χ4n) is 2.26. The van der Waals surface area contributed by atoms with Crippen LogP contribution in [0.3, 0.4) is 0 Å². The average Bonchev–Trinajstić information content (AvgIpc) is 2.42. The maximum absolute atomic E-state index is 5.80. The van der Waals surface area contributed by atoms with Crippen LogP contribution in [0.2, 0.25) is 0 Å². The summed E-state index contributed by atoms with van der Waals surface area (Å²) in [7, 11) is 1.92. The zero-order chi connectivity index (χ0) is 14.8. The first-order chi connectivity index (χ1) is 9.47. The van der Waals surface area contributed by atoms with E-state index in [0.717, 1.165) is 35.5 Å². The van der Waals surface area contributed by atoms with Crippen molar-refractivity contribution in [2.75, 3.05) is 19.0 Å². The highest BCUT2D eigenvalue weighted by molar-refractivity contribution is 5.87. The zero-order valence-electron chi connectivity index (χ0n) is 13.1. The van der Waals surface area contributed by atoms with Gasteiger partial charge in [-0.15, -0.1) is 0 Å². The van der Waals surface area contributed by atoms with Crippen molar-refractivity contribution >= 4 is 16.7 Å². The second kappa shape index (κ2) is 5.70. The first-order valence-electron chi connectivity index (χ1n) is 7.22. The third kappa shape index (κ3) is 2.87. The number of fused-ring (bicyclic) bond motifs is 1. The van der Waals surface area contributed by atoms with E-state index in [2.05, 4.69) is 45.1 Å². The van der Waals surface area contributed by atoms with E-state index in [4.69, 9.17) is 9.72 Å². The second-order valence-electron chi connectivity index (χ2n) is 6.06. The van der Waals surface area contributed by atoms with E-state index in [1.807, 2.05) is 19.2 Å². The number of ether oxygens (including phenoxy) is 1. The first kappa shape index (κ1) is 14.6. The summed E-state index contributed by atoms with van der Waals surface area (Å²) in [5.74, 6) is 1.79. The van der Waals surface area contributed by atoms with Crippen molar-refractivity contribution in [3.05, 3.63) is 29.8 Å². The van der Waals surface area contributed by atoms with E-state index in [0.29, 0.717) is 0 Å². The molecule has 1 heterocycles. The molecule has 0 unspecified atom stereocenters. The molecule has 2 aromatic rings. The molecular formula is C17H24N2O. The number of benzene rings is 1. The SMILES string of the molecule is CCCOc1cccc2cc(C(C)(C)C)c(NC)nc12. The van der Waals surface area contributed by atoms with Gasteiger partial charge in [0.15, 0.2) is 0 Å². The summed E-state index contributed by atoms with van der Waals surface area (Å²) < 4.78 is 5.80. The Morgan fingerprint density at radius 3 is 2.60 bits per heavy atom. The molecule has 0 fully saturated rings. The van der Waals surface area contributed by atoms with Gasteiger partial charge in [0.2, 0.25) is 0 Å². The van der Waals surface area contributed by atoms with Gasteiger partial charge in [-0.1, -0.05) is 39.8 Å². The van der Waals surface area contributed by atoms with Crippen LogP contribution in [0, 0.1) is 0 Å². The normalized spacial score (nSPS) is 11.7. The molecule has 0 radical (unpaired) electrons. The van der Waals surface area contributed by atoms with Gasteiger partial charge in [-0.05, 0) is 24.0 Å². The Morgan fingerprint density at radius 1 is 1.25 bits per heavy atom. The van der Waals surface area contributed by atoms with Crippen molar-refractivity contribution in [2.45, 2.75) is 39.5 Å². The predicted molar refractivity (Wildman–Crippen MR) is 85.8 cm³/mol. The standard InChI is InChI=1S/C17H24N2O/c1-6-10-20-14-9-7-8-12-11-13(17(2,3)4)16(18-5)19-15(12)14/h7-9,11H,6,10H2,1-5H3,(H,18,19). The molecule has 1 aromatic carbocycles. The minimum Gasteiger partial charge on any atom is -0.491 e. The molecule has 0 saturated carbocycles. The topological polar surface area (TPSA) is 34.1 Å². The van der Waals surface area contributed by atoms with Crippen molar-refractivity contribution in [1.29, 1.82) is 0 Å². The summed E-state index contributed by atoms with van der Waals surface area (Å²) in [6.07, 6.45) is 0.995. The van der Waals surface area contributed by atoms with Crippen molar-refractivity contribution in [3.63, 3.8) is 0 Å². The maximum Gasteiger partial charge on any atom is 0.145 e. The minimum absolute atomic E-state index is 0.0554. The monoisotopic (exact) mass is 272 g/mol. The molecule has 1 N–H and O–H groups in total. The summed E-state index contributed by atoms with van der Waals surface area (Å²) in [6, 6.07) is 8.32. The fraction of sp³-hybridized carbons (Fsp3) is 0.471. The van der Waals surface area contributed by atoms with Gasteiger partial charge in [-0.3, -0.25) is 0 Å². The van der Waals surface area contributed by atoms with Gasteiger partial charge in [-0.2, -0.15) is 0 Å². The van der Waals surface area contributed by atoms with E-state index in [1.165, 1.54) is 5.56 Å². The molecule has 0 amide bonds. The van der Waals surface area contributed by atoms with Gasteiger partial charge in [0.05, 0.1) is 6.61 Å². The molecule has 0 aliphatic heterocycles. The molecule has 0 aliphatic rings. The third-order valence-corrected chi connectivity index (χ3v) is 3.32. The molecule has 2 rings (SSSR count). The maximum atomic E-state index is 5.80. The minimum atomic E-state index is 0.0554. The Kier molecular flexibility index (Phi) is 4.17. The summed E-state index contributed by atoms with van der Waals surface area (Å²) >= 11 is 0. The van der Waals surface area contributed by atoms with Crippen molar-refractivity contribution < 1.29 is 4.74 Å². The molecule has 3 heteroatoms.